The molecule has 2 aromatic carbocycles. The topological polar surface area (TPSA) is 342 Å². The largest absolute Gasteiger partial charge is 0.508 e. The number of likely N-dealkylation sites (tertiary alicyclic amines) is 1. The number of fused-ring (bicyclic) bond motifs is 1. The Kier molecular flexibility index (Phi) is 21.2. The Balaban J connectivity index is 1.53. The molecule has 4 rings (SSSR count). The third-order valence-corrected chi connectivity index (χ3v) is 11.7. The molecule has 7 atom stereocenters. The number of nitrogens with one attached hydrogen (secondary N) is 7. The summed E-state index contributed by atoms with van der Waals surface area (Å²) >= 11 is 0. The van der Waals surface area contributed by atoms with E-state index >= 15 is 0 Å². The third-order valence-electron chi connectivity index (χ3n) is 11.7. The second kappa shape index (κ2) is 26.7. The first kappa shape index (κ1) is 54.9. The Bertz CT molecular complexity index is 2240. The van der Waals surface area contributed by atoms with Crippen molar-refractivity contribution in [2.24, 2.45) is 34.0 Å². The number of phenolic OH excluding ortho intramolecular Hbond substituents is 1. The number of nitrogens with two attached hydrogens (primary N) is 3. The van der Waals surface area contributed by atoms with Crippen molar-refractivity contribution in [2.75, 3.05) is 26.2 Å². The number of aliphatic hydroxyl groups is 1. The predicted molar refractivity (Wildman–Crippen MR) is 261 cm³/mol. The molecule has 0 unspecified atom stereocenters. The van der Waals surface area contributed by atoms with E-state index < -0.39 is 84.3 Å². The van der Waals surface area contributed by atoms with Crippen LogP contribution in [0.5, 0.6) is 5.75 Å². The fourth-order valence-corrected chi connectivity index (χ4v) is 8.23. The smallest absolute Gasteiger partial charge is 0.245 e. The molecule has 69 heavy (non-hydrogen) atoms. The number of H-pyrrole nitrogens is 1. The van der Waals surface area contributed by atoms with E-state index in [1.165, 1.54) is 17.0 Å². The van der Waals surface area contributed by atoms with E-state index in [9.17, 15) is 43.8 Å². The van der Waals surface area contributed by atoms with Crippen LogP contribution in [-0.4, -0.2) is 136 Å². The van der Waals surface area contributed by atoms with Crippen LogP contribution in [0.2, 0.25) is 0 Å². The molecule has 1 saturated heterocycles. The van der Waals surface area contributed by atoms with E-state index in [4.69, 9.17) is 17.2 Å². The van der Waals surface area contributed by atoms with Crippen LogP contribution in [0.1, 0.15) is 84.3 Å². The SMILES string of the molecule is CCNC(=O)[C@@H]1CCCN1C(=O)[C@H](CCCN=C(N)N)NC(=O)[C@H](CC(C)C)NC(=O)[C@@H](CC(C)C)NC(=O)[C@H](Cc1ccc(O)cc1)NC(=O)[C@H](CO)NC(=O)[C@@H](N)Cc1c[nH]c2ccccc12. The number of carbonyl (C=O) groups is 7. The Morgan fingerprint density at radius 2 is 1.33 bits per heavy atom. The molecule has 21 heteroatoms. The molecule has 378 valence electrons. The first-order valence-electron chi connectivity index (χ1n) is 23.7. The normalized spacial score (nSPS) is 16.1. The number of aliphatic hydroxyl groups excluding tert-OH is 1. The highest BCUT2D eigenvalue weighted by Gasteiger charge is 2.39. The number of guanidine groups is 1. The molecule has 0 spiro atoms. The Morgan fingerprint density at radius 3 is 1.93 bits per heavy atom. The van der Waals surface area contributed by atoms with Crippen molar-refractivity contribution >= 4 is 58.2 Å². The first-order chi connectivity index (χ1) is 32.8. The van der Waals surface area contributed by atoms with E-state index in [1.807, 2.05) is 52.0 Å². The zero-order valence-electron chi connectivity index (χ0n) is 40.3. The van der Waals surface area contributed by atoms with Gasteiger partial charge in [-0.25, -0.2) is 0 Å². The molecule has 7 amide bonds. The lowest BCUT2D eigenvalue weighted by Crippen LogP contribution is -2.60. The van der Waals surface area contributed by atoms with Crippen molar-refractivity contribution in [1.82, 2.24) is 41.8 Å². The summed E-state index contributed by atoms with van der Waals surface area (Å²) in [7, 11) is 0. The number of aromatic amines is 1. The molecule has 0 radical (unpaired) electrons. The summed E-state index contributed by atoms with van der Waals surface area (Å²) in [6.45, 7) is 9.20. The Hall–Kier alpha value is -6.74. The van der Waals surface area contributed by atoms with Gasteiger partial charge in [0.1, 0.15) is 42.0 Å². The molecular weight excluding hydrogens is 889 g/mol. The number of hydrogen-bond donors (Lipinski definition) is 12. The van der Waals surface area contributed by atoms with Crippen LogP contribution in [0.4, 0.5) is 0 Å². The van der Waals surface area contributed by atoms with E-state index in [2.05, 4.69) is 41.9 Å². The number of carbonyl (C=O) groups excluding carboxylic acids is 7. The third kappa shape index (κ3) is 16.8. The number of aromatic nitrogens is 1. The van der Waals surface area contributed by atoms with Crippen LogP contribution in [0.15, 0.2) is 59.7 Å². The van der Waals surface area contributed by atoms with Gasteiger partial charge in [-0.2, -0.15) is 0 Å². The standard InChI is InChI=1S/C48H72N12O9/c1-6-52-46(68)40-14-10-20-60(40)47(69)35(13-9-19-53-48(50)51)55-42(64)36(21-27(2)3)56-43(65)37(22-28(4)5)57-44(66)38(23-29-15-17-31(62)18-16-29)58-45(67)39(26-61)59-41(63)33(49)24-30-25-54-34-12-8-7-11-32(30)34/h7-8,11-12,15-18,25,27-28,33,35-40,54,61-62H,6,9-10,13-14,19-24,26,49H2,1-5H3,(H,52,68)(H,55,64)(H,56,65)(H,57,66)(H,58,67)(H,59,63)(H4,50,51,53)/t33-,35-,36-,37+,38-,39-,40-/m0/s1. The van der Waals surface area contributed by atoms with Gasteiger partial charge >= 0.3 is 0 Å². The Morgan fingerprint density at radius 1 is 0.768 bits per heavy atom. The van der Waals surface area contributed by atoms with Crippen molar-refractivity contribution in [3.05, 3.63) is 65.9 Å². The molecule has 0 saturated carbocycles. The monoisotopic (exact) mass is 961 g/mol. The van der Waals surface area contributed by atoms with Crippen molar-refractivity contribution in [3.8, 4) is 5.75 Å². The van der Waals surface area contributed by atoms with E-state index in [1.54, 1.807) is 25.3 Å². The zero-order chi connectivity index (χ0) is 50.8. The molecule has 21 nitrogen and oxygen atoms in total. The van der Waals surface area contributed by atoms with Crippen LogP contribution in [0.25, 0.3) is 10.9 Å². The fraction of sp³-hybridized carbons (Fsp3) is 0.542. The lowest BCUT2D eigenvalue weighted by Gasteiger charge is -2.31. The van der Waals surface area contributed by atoms with Gasteiger partial charge in [-0.05, 0) is 93.0 Å². The second-order valence-corrected chi connectivity index (χ2v) is 18.3. The number of hydrogen-bond acceptors (Lipinski definition) is 11. The maximum atomic E-state index is 14.3. The van der Waals surface area contributed by atoms with E-state index in [0.29, 0.717) is 37.9 Å². The highest BCUT2D eigenvalue weighted by molar-refractivity contribution is 5.97. The minimum atomic E-state index is -1.52. The van der Waals surface area contributed by atoms with Gasteiger partial charge in [-0.1, -0.05) is 58.0 Å². The molecule has 0 bridgehead atoms. The quantitative estimate of drug-likeness (QED) is 0.0280. The maximum Gasteiger partial charge on any atom is 0.245 e. The molecule has 15 N–H and O–H groups in total. The summed E-state index contributed by atoms with van der Waals surface area (Å²) in [6, 6.07) is 5.21. The zero-order valence-corrected chi connectivity index (χ0v) is 40.3. The molecule has 0 aliphatic carbocycles. The van der Waals surface area contributed by atoms with Gasteiger partial charge in [0.2, 0.25) is 41.4 Å². The summed E-state index contributed by atoms with van der Waals surface area (Å²) in [6.07, 6.45) is 3.49. The van der Waals surface area contributed by atoms with Gasteiger partial charge in [0.25, 0.3) is 0 Å². The van der Waals surface area contributed by atoms with Crippen molar-refractivity contribution < 1.29 is 43.8 Å². The van der Waals surface area contributed by atoms with Crippen LogP contribution < -0.4 is 49.1 Å². The summed E-state index contributed by atoms with van der Waals surface area (Å²) in [5.74, 6) is -4.98. The second-order valence-electron chi connectivity index (χ2n) is 18.3. The van der Waals surface area contributed by atoms with E-state index in [-0.39, 0.29) is 68.1 Å². The number of phenols is 1. The molecule has 1 aliphatic heterocycles. The fourth-order valence-electron chi connectivity index (χ4n) is 8.23. The van der Waals surface area contributed by atoms with Crippen molar-refractivity contribution in [2.45, 2.75) is 128 Å². The maximum absolute atomic E-state index is 14.3. The average Bonchev–Trinajstić information content (AvgIpc) is 3.96. The number of aliphatic imine (C=N–C) groups is 1. The van der Waals surface area contributed by atoms with Gasteiger partial charge in [0, 0.05) is 43.2 Å². The number of rotatable bonds is 26. The summed E-state index contributed by atoms with van der Waals surface area (Å²) < 4.78 is 0. The Labute approximate surface area is 402 Å². The predicted octanol–water partition coefficient (Wildman–Crippen LogP) is -0.325. The summed E-state index contributed by atoms with van der Waals surface area (Å²) in [5, 5.41) is 37.3. The van der Waals surface area contributed by atoms with Gasteiger partial charge < -0.3 is 69.2 Å². The van der Waals surface area contributed by atoms with Gasteiger partial charge in [0.15, 0.2) is 5.96 Å². The number of nitrogens with zero attached hydrogens (tertiary/aromatic N) is 2. The number of para-hydroxylation sites is 1. The molecular formula is C48H72N12O9. The van der Waals surface area contributed by atoms with E-state index in [0.717, 1.165) is 16.5 Å². The molecule has 1 fully saturated rings. The minimum Gasteiger partial charge on any atom is -0.508 e. The average molecular weight is 961 g/mol. The molecule has 3 aromatic rings. The number of aromatic hydroxyl groups is 1. The number of likely N-dealkylation sites (N-methyl/N-ethyl adjacent to an activating group) is 1. The van der Waals surface area contributed by atoms with Crippen LogP contribution >= 0.6 is 0 Å². The van der Waals surface area contributed by atoms with Crippen LogP contribution in [0.3, 0.4) is 0 Å². The van der Waals surface area contributed by atoms with Gasteiger partial charge in [-0.3, -0.25) is 38.6 Å². The van der Waals surface area contributed by atoms with Crippen LogP contribution in [0, 0.1) is 11.8 Å². The lowest BCUT2D eigenvalue weighted by molar-refractivity contribution is -0.142. The first-order valence-corrected chi connectivity index (χ1v) is 23.7. The number of benzene rings is 2. The minimum absolute atomic E-state index is 0.0364. The highest BCUT2D eigenvalue weighted by atomic mass is 16.3. The summed E-state index contributed by atoms with van der Waals surface area (Å²) in [4.78, 5) is 105. The van der Waals surface area contributed by atoms with Crippen molar-refractivity contribution in [1.29, 1.82) is 0 Å². The van der Waals surface area contributed by atoms with Crippen LogP contribution in [-0.2, 0) is 46.4 Å². The lowest BCUT2D eigenvalue weighted by atomic mass is 9.98. The van der Waals surface area contributed by atoms with Gasteiger partial charge in [0.05, 0.1) is 12.6 Å². The summed E-state index contributed by atoms with van der Waals surface area (Å²) in [5.41, 5.74) is 19.4. The molecule has 1 aromatic heterocycles. The molecule has 1 aliphatic rings. The molecule has 2 heterocycles. The highest BCUT2D eigenvalue weighted by Crippen LogP contribution is 2.21. The van der Waals surface area contributed by atoms with Crippen molar-refractivity contribution in [3.63, 3.8) is 0 Å². The number of amides is 7. The van der Waals surface area contributed by atoms with Gasteiger partial charge in [-0.15, -0.1) is 0 Å².